The van der Waals surface area contributed by atoms with E-state index < -0.39 is 29.0 Å². The summed E-state index contributed by atoms with van der Waals surface area (Å²) in [7, 11) is 0. The molecule has 2 aliphatic carbocycles. The van der Waals surface area contributed by atoms with Crippen LogP contribution in [0.1, 0.15) is 48.3 Å². The van der Waals surface area contributed by atoms with Gasteiger partial charge in [-0.05, 0) is 53.5 Å². The summed E-state index contributed by atoms with van der Waals surface area (Å²) in [6.45, 7) is 1.50. The van der Waals surface area contributed by atoms with E-state index >= 15 is 0 Å². The monoisotopic (exact) mass is 539 g/mol. The zero-order valence-electron chi connectivity index (χ0n) is 22.3. The number of carbonyl (C=O) groups is 3. The first-order chi connectivity index (χ1) is 19.4. The number of carboxylic acids is 1. The first kappa shape index (κ1) is 26.1. The van der Waals surface area contributed by atoms with E-state index in [0.29, 0.717) is 32.4 Å². The van der Waals surface area contributed by atoms with E-state index in [-0.39, 0.29) is 19.1 Å². The molecule has 1 heterocycles. The molecular formula is C32H33N3O5. The van der Waals surface area contributed by atoms with Gasteiger partial charge in [0.15, 0.2) is 5.54 Å². The molecule has 3 N–H and O–H groups in total. The molecule has 3 aromatic carbocycles. The maximum atomic E-state index is 13.5. The number of hydrogen-bond acceptors (Lipinski definition) is 5. The maximum absolute atomic E-state index is 13.5. The Kier molecular flexibility index (Phi) is 6.80. The minimum absolute atomic E-state index is 0.0892. The Morgan fingerprint density at radius 1 is 0.825 bits per heavy atom. The molecule has 6 rings (SSSR count). The highest BCUT2D eigenvalue weighted by molar-refractivity contribution is 5.95. The van der Waals surface area contributed by atoms with E-state index in [1.807, 2.05) is 59.5 Å². The zero-order chi connectivity index (χ0) is 27.7. The van der Waals surface area contributed by atoms with Gasteiger partial charge < -0.3 is 20.5 Å². The fourth-order valence-corrected chi connectivity index (χ4v) is 6.30. The minimum atomic E-state index is -1.41. The lowest BCUT2D eigenvalue weighted by atomic mass is 9.75. The molecule has 2 amide bonds. The quantitative estimate of drug-likeness (QED) is 0.394. The zero-order valence-corrected chi connectivity index (χ0v) is 22.3. The smallest absolute Gasteiger partial charge is 0.408 e. The van der Waals surface area contributed by atoms with Crippen LogP contribution in [0.25, 0.3) is 11.1 Å². The van der Waals surface area contributed by atoms with Gasteiger partial charge >= 0.3 is 12.1 Å². The number of aliphatic carboxylic acids is 1. The largest absolute Gasteiger partial charge is 0.479 e. The van der Waals surface area contributed by atoms with Crippen molar-refractivity contribution in [1.29, 1.82) is 0 Å². The Bertz CT molecular complexity index is 1390. The van der Waals surface area contributed by atoms with Gasteiger partial charge in [-0.25, -0.2) is 9.59 Å². The van der Waals surface area contributed by atoms with Gasteiger partial charge in [0, 0.05) is 25.6 Å². The molecule has 1 saturated carbocycles. The van der Waals surface area contributed by atoms with E-state index in [1.165, 1.54) is 0 Å². The fraction of sp³-hybridized carbons (Fsp3) is 0.344. The molecule has 0 spiro atoms. The number of amides is 2. The summed E-state index contributed by atoms with van der Waals surface area (Å²) in [4.78, 5) is 41.0. The molecule has 0 aromatic heterocycles. The summed E-state index contributed by atoms with van der Waals surface area (Å²) in [5.74, 6) is -1.61. The first-order valence-electron chi connectivity index (χ1n) is 13.8. The molecule has 40 heavy (non-hydrogen) atoms. The maximum Gasteiger partial charge on any atom is 0.408 e. The Labute approximate surface area is 233 Å². The molecule has 0 bridgehead atoms. The summed E-state index contributed by atoms with van der Waals surface area (Å²) in [5.41, 5.74) is 3.00. The normalized spacial score (nSPS) is 21.1. The average molecular weight is 540 g/mol. The van der Waals surface area contributed by atoms with Crippen molar-refractivity contribution in [1.82, 2.24) is 15.5 Å². The van der Waals surface area contributed by atoms with Gasteiger partial charge in [0.05, 0.1) is 0 Å². The molecule has 1 saturated heterocycles. The van der Waals surface area contributed by atoms with Crippen molar-refractivity contribution in [3.05, 3.63) is 95.6 Å². The highest BCUT2D eigenvalue weighted by Crippen LogP contribution is 2.44. The van der Waals surface area contributed by atoms with Crippen molar-refractivity contribution in [2.24, 2.45) is 0 Å². The Morgan fingerprint density at radius 2 is 1.45 bits per heavy atom. The molecule has 1 unspecified atom stereocenters. The third-order valence-corrected chi connectivity index (χ3v) is 8.69. The lowest BCUT2D eigenvalue weighted by molar-refractivity contribution is -0.149. The van der Waals surface area contributed by atoms with Crippen molar-refractivity contribution in [2.45, 2.75) is 49.2 Å². The van der Waals surface area contributed by atoms with Crippen LogP contribution in [0.3, 0.4) is 0 Å². The summed E-state index contributed by atoms with van der Waals surface area (Å²) in [6, 6.07) is 26.1. The van der Waals surface area contributed by atoms with Crippen molar-refractivity contribution in [3.63, 3.8) is 0 Å². The van der Waals surface area contributed by atoms with E-state index in [1.54, 1.807) is 0 Å². The molecule has 206 valence electrons. The van der Waals surface area contributed by atoms with Gasteiger partial charge in [0.2, 0.25) is 5.91 Å². The summed E-state index contributed by atoms with van der Waals surface area (Å²) < 4.78 is 5.69. The third kappa shape index (κ3) is 4.73. The highest BCUT2D eigenvalue weighted by Gasteiger charge is 2.52. The number of hydrogen-bond donors (Lipinski definition) is 3. The van der Waals surface area contributed by atoms with Gasteiger partial charge in [-0.1, -0.05) is 78.9 Å². The molecule has 3 aliphatic rings. The predicted octanol–water partition coefficient (Wildman–Crippen LogP) is 4.29. The second kappa shape index (κ2) is 10.4. The fourth-order valence-electron chi connectivity index (χ4n) is 6.30. The summed E-state index contributed by atoms with van der Waals surface area (Å²) >= 11 is 0. The average Bonchev–Trinajstić information content (AvgIpc) is 3.49. The van der Waals surface area contributed by atoms with Gasteiger partial charge in [0.25, 0.3) is 0 Å². The summed E-state index contributed by atoms with van der Waals surface area (Å²) in [5, 5.41) is 15.8. The Balaban J connectivity index is 1.10. The van der Waals surface area contributed by atoms with Crippen molar-refractivity contribution < 1.29 is 24.2 Å². The molecule has 1 aliphatic heterocycles. The Hall–Kier alpha value is -4.17. The van der Waals surface area contributed by atoms with Crippen LogP contribution >= 0.6 is 0 Å². The summed E-state index contributed by atoms with van der Waals surface area (Å²) in [6.07, 6.45) is 1.26. The number of alkyl carbamates (subject to hydrolysis) is 1. The topological polar surface area (TPSA) is 108 Å². The number of benzene rings is 3. The lowest BCUT2D eigenvalue weighted by Gasteiger charge is -2.42. The van der Waals surface area contributed by atoms with Crippen LogP contribution in [0.4, 0.5) is 4.79 Å². The highest BCUT2D eigenvalue weighted by atomic mass is 16.5. The number of carboxylic acid groups (broad SMARTS) is 1. The van der Waals surface area contributed by atoms with Gasteiger partial charge in [-0.15, -0.1) is 0 Å². The molecule has 8 heteroatoms. The van der Waals surface area contributed by atoms with Crippen molar-refractivity contribution in [2.75, 3.05) is 19.7 Å². The molecule has 8 nitrogen and oxygen atoms in total. The molecule has 1 atom stereocenters. The second-order valence-corrected chi connectivity index (χ2v) is 11.2. The van der Waals surface area contributed by atoms with Gasteiger partial charge in [-0.2, -0.15) is 0 Å². The van der Waals surface area contributed by atoms with E-state index in [4.69, 9.17) is 4.74 Å². The van der Waals surface area contributed by atoms with Crippen LogP contribution in [0.5, 0.6) is 0 Å². The Morgan fingerprint density at radius 3 is 2.05 bits per heavy atom. The minimum Gasteiger partial charge on any atom is -0.479 e. The van der Waals surface area contributed by atoms with Crippen LogP contribution in [0.2, 0.25) is 0 Å². The van der Waals surface area contributed by atoms with Crippen molar-refractivity contribution in [3.8, 4) is 11.1 Å². The number of likely N-dealkylation sites (tertiary alicyclic amines) is 1. The van der Waals surface area contributed by atoms with E-state index in [2.05, 4.69) is 34.9 Å². The van der Waals surface area contributed by atoms with Gasteiger partial charge in [-0.3, -0.25) is 9.69 Å². The standard InChI is InChI=1S/C32H33N3O5/c36-28(33-32(29(37)38)17-18-35(21-32)19-22-9-2-1-3-10-22)31(15-8-16-31)34-30(39)40-20-27-25-13-6-4-11-23(25)24-12-5-7-14-26(24)27/h1-7,9-14,27H,8,15-21H2,(H,33,36)(H,34,39)(H,37,38). The number of ether oxygens (including phenoxy) is 1. The molecular weight excluding hydrogens is 506 g/mol. The number of fused-ring (bicyclic) bond motifs is 3. The number of nitrogens with one attached hydrogen (secondary N) is 2. The van der Waals surface area contributed by atoms with Crippen LogP contribution in [-0.2, 0) is 20.9 Å². The lowest BCUT2D eigenvalue weighted by Crippen LogP contribution is -2.68. The molecule has 0 radical (unpaired) electrons. The van der Waals surface area contributed by atoms with Crippen LogP contribution in [0.15, 0.2) is 78.9 Å². The first-order valence-corrected chi connectivity index (χ1v) is 13.8. The van der Waals surface area contributed by atoms with E-state index in [0.717, 1.165) is 34.2 Å². The number of rotatable bonds is 8. The number of nitrogens with zero attached hydrogens (tertiary/aromatic N) is 1. The molecule has 2 fully saturated rings. The van der Waals surface area contributed by atoms with Crippen LogP contribution in [-0.4, -0.2) is 58.8 Å². The second-order valence-electron chi connectivity index (χ2n) is 11.2. The van der Waals surface area contributed by atoms with Crippen molar-refractivity contribution >= 4 is 18.0 Å². The van der Waals surface area contributed by atoms with Gasteiger partial charge in [0.1, 0.15) is 12.1 Å². The molecule has 3 aromatic rings. The predicted molar refractivity (Wildman–Crippen MR) is 150 cm³/mol. The third-order valence-electron chi connectivity index (χ3n) is 8.69. The SMILES string of the molecule is O=C(NC1(C(=O)NC2(C(=O)O)CCN(Cc3ccccc3)C2)CCC1)OCC1c2ccccc2-c2ccccc21. The van der Waals surface area contributed by atoms with E-state index in [9.17, 15) is 19.5 Å². The van der Waals surface area contributed by atoms with Crippen LogP contribution in [0, 0.1) is 0 Å². The van der Waals surface area contributed by atoms with Crippen LogP contribution < -0.4 is 10.6 Å². The number of carbonyl (C=O) groups excluding carboxylic acids is 2.